The summed E-state index contributed by atoms with van der Waals surface area (Å²) in [6, 6.07) is 2.00. The van der Waals surface area contributed by atoms with Crippen molar-refractivity contribution in [1.82, 2.24) is 5.32 Å². The molecule has 0 bridgehead atoms. The molecule has 8 N–H and O–H groups in total. The van der Waals surface area contributed by atoms with Crippen LogP contribution in [0, 0.1) is 36.1 Å². The number of aliphatic hydroxyl groups is 4. The van der Waals surface area contributed by atoms with E-state index in [1.807, 2.05) is 17.3 Å². The Hall–Kier alpha value is -2.58. The quantitative estimate of drug-likeness (QED) is 0.207. The van der Waals surface area contributed by atoms with E-state index in [9.17, 15) is 24.9 Å². The molecule has 0 unspecified atom stereocenters. The number of aliphatic hydroxyl groups excluding tert-OH is 4. The zero-order valence-electron chi connectivity index (χ0n) is 11.5. The minimum atomic E-state index is -2.36. The lowest BCUT2D eigenvalue weighted by atomic mass is 10.0. The van der Waals surface area contributed by atoms with Crippen molar-refractivity contribution < 1.29 is 42.3 Å². The van der Waals surface area contributed by atoms with Gasteiger partial charge in [0.1, 0.15) is 12.2 Å². The molecule has 0 aliphatic heterocycles. The highest BCUT2D eigenvalue weighted by Gasteiger charge is 2.37. The Morgan fingerprint density at radius 3 is 2.00 bits per heavy atom. The fourth-order valence-electron chi connectivity index (χ4n) is 0.940. The van der Waals surface area contributed by atoms with Gasteiger partial charge in [-0.15, -0.1) is 6.42 Å². The number of hydrogen-bond acceptors (Lipinski definition) is 7. The first-order valence-corrected chi connectivity index (χ1v) is 5.61. The summed E-state index contributed by atoms with van der Waals surface area (Å²) in [6.07, 6.45) is -4.25. The predicted octanol–water partition coefficient (Wildman–Crippen LogP) is -2.97. The summed E-state index contributed by atoms with van der Waals surface area (Å²) in [7, 11) is 1.50. The maximum Gasteiger partial charge on any atom is 0.335 e. The van der Waals surface area contributed by atoms with Gasteiger partial charge in [-0.3, -0.25) is 10.1 Å². The molecule has 22 heavy (non-hydrogen) atoms. The lowest BCUT2D eigenvalue weighted by Crippen LogP contribution is -2.52. The second-order valence-electron chi connectivity index (χ2n) is 3.34. The van der Waals surface area contributed by atoms with Crippen molar-refractivity contribution in [2.24, 2.45) is 5.73 Å². The van der Waals surface area contributed by atoms with E-state index in [2.05, 4.69) is 23.5 Å². The summed E-state index contributed by atoms with van der Waals surface area (Å²) in [5, 5.41) is 47.0. The molecule has 0 aliphatic rings. The van der Waals surface area contributed by atoms with Crippen molar-refractivity contribution in [2.45, 2.75) is 24.4 Å². The van der Waals surface area contributed by atoms with Gasteiger partial charge < -0.3 is 31.3 Å². The molecule has 0 saturated carbocycles. The molecule has 4 atom stereocenters. The molecule has 1 amide bonds. The molecule has 0 heterocycles. The largest absolute Gasteiger partial charge is 0.479 e. The zero-order chi connectivity index (χ0) is 17.7. The van der Waals surface area contributed by atoms with Crippen LogP contribution in [0.15, 0.2) is 0 Å². The molecule has 0 aromatic heterocycles. The van der Waals surface area contributed by atoms with Crippen LogP contribution in [0.1, 0.15) is 7.13 Å². The molecule has 9 nitrogen and oxygen atoms in total. The molecule has 9 heteroatoms. The number of carbonyl (C=O) groups is 2. The molecular formula is C13H26N2O7. The smallest absolute Gasteiger partial charge is 0.335 e. The van der Waals surface area contributed by atoms with Gasteiger partial charge in [0, 0.05) is 25.0 Å². The average molecular weight is 322 g/mol. The maximum absolute atomic E-state index is 11.3. The number of hydrogen-bond donors (Lipinski definition) is 7. The normalized spacial score (nSPS) is 13.9. The van der Waals surface area contributed by atoms with Crippen molar-refractivity contribution in [1.29, 1.82) is 0 Å². The highest BCUT2D eigenvalue weighted by atomic mass is 16.4. The van der Waals surface area contributed by atoms with Gasteiger partial charge in [-0.1, -0.05) is 0 Å². The first kappa shape index (κ1) is 21.7. The topological polar surface area (TPSA) is 173 Å². The van der Waals surface area contributed by atoms with Gasteiger partial charge in [0.05, 0.1) is 0 Å². The lowest BCUT2D eigenvalue weighted by molar-refractivity contribution is -0.166. The second-order valence-corrected chi connectivity index (χ2v) is 3.34. The monoisotopic (exact) mass is 322 g/mol. The number of nitrogens with two attached hydrogens (primary N) is 1. The van der Waals surface area contributed by atoms with Gasteiger partial charge in [0.25, 0.3) is 5.91 Å². The van der Waals surface area contributed by atoms with Gasteiger partial charge in [-0.2, -0.15) is 0 Å². The number of amides is 1. The molecule has 0 spiro atoms. The van der Waals surface area contributed by atoms with Gasteiger partial charge in [-0.25, -0.2) is 4.79 Å². The number of terminal acetylenes is 1. The zero-order valence-corrected chi connectivity index (χ0v) is 11.5. The number of aliphatic carboxylic acids is 1. The van der Waals surface area contributed by atoms with Crippen molar-refractivity contribution >= 4 is 11.9 Å². The Bertz CT molecular complexity index is 551. The Morgan fingerprint density at radius 2 is 1.55 bits per heavy atom. The number of rotatable bonds is 5. The summed E-state index contributed by atoms with van der Waals surface area (Å²) >= 11 is 0. The van der Waals surface area contributed by atoms with Crippen molar-refractivity contribution in [3.05, 3.63) is 0 Å². The van der Waals surface area contributed by atoms with Crippen LogP contribution in [-0.4, -0.2) is 68.9 Å². The summed E-state index contributed by atoms with van der Waals surface area (Å²) in [5.41, 5.74) is 4.50. The van der Waals surface area contributed by atoms with E-state index in [1.54, 1.807) is 0 Å². The molecule has 0 aliphatic carbocycles. The first-order chi connectivity index (χ1) is 10.3. The summed E-state index contributed by atoms with van der Waals surface area (Å²) in [4.78, 5) is 21.6. The summed E-state index contributed by atoms with van der Waals surface area (Å²) < 4.78 is 0. The van der Waals surface area contributed by atoms with Crippen LogP contribution < -0.4 is 11.1 Å². The van der Waals surface area contributed by atoms with Crippen LogP contribution in [0.4, 0.5) is 0 Å². The van der Waals surface area contributed by atoms with E-state index in [1.165, 1.54) is 7.05 Å². The summed E-state index contributed by atoms with van der Waals surface area (Å²) in [6.45, 7) is 0. The van der Waals surface area contributed by atoms with E-state index in [-0.39, 0.29) is 7.13 Å². The third kappa shape index (κ3) is 7.88. The Morgan fingerprint density at radius 1 is 1.05 bits per heavy atom. The number of nitrogens with one attached hydrogen (secondary N) is 1. The Labute approximate surface area is 134 Å². The molecule has 0 aromatic rings. The van der Waals surface area contributed by atoms with Crippen molar-refractivity contribution in [2.75, 3.05) is 7.05 Å². The van der Waals surface area contributed by atoms with Gasteiger partial charge >= 0.3 is 5.97 Å². The Kier molecular flexibility index (Phi) is 12.0. The lowest BCUT2D eigenvalue weighted by Gasteiger charge is -2.23. The van der Waals surface area contributed by atoms with Crippen LogP contribution >= 0.6 is 0 Å². The number of carbonyl (C=O) groups excluding carboxylic acids is 1. The molecule has 0 fully saturated rings. The van der Waals surface area contributed by atoms with E-state index in [0.717, 1.165) is 0 Å². The predicted molar refractivity (Wildman–Crippen MR) is 84.9 cm³/mol. The van der Waals surface area contributed by atoms with Gasteiger partial charge in [0.15, 0.2) is 12.2 Å². The highest BCUT2D eigenvalue weighted by molar-refractivity contribution is 5.83. The molecule has 0 aromatic carbocycles. The third-order valence-corrected chi connectivity index (χ3v) is 1.96. The fraction of sp³-hybridized carbons (Fsp3) is 0.385. The fourth-order valence-corrected chi connectivity index (χ4v) is 0.940. The van der Waals surface area contributed by atoms with E-state index < -0.39 is 36.3 Å². The summed E-state index contributed by atoms with van der Waals surface area (Å²) in [5.74, 6) is 5.27. The van der Waals surface area contributed by atoms with Crippen molar-refractivity contribution in [3.8, 4) is 36.1 Å². The van der Waals surface area contributed by atoms with Crippen LogP contribution in [0.25, 0.3) is 0 Å². The standard InChI is InChI=1S/C12H11NO7.CH5N.5H2/c1-2-3-4-5-6-13-11(18)9(16)7(14)8(15)10(17)12(19)20;1-2;;;;;/h1,7-10,14-17H,(H,13,18)(H,19,20);2H2,1H3;5*1H/t7-,8-,9+,10-;;;;;;/m1....../s1. The molecular weight excluding hydrogens is 296 g/mol. The SMILES string of the molecule is C#CC#CC#CNC(=O)[C@@H](O)[C@H](O)[C@@H](O)[C@@H](O)C(=O)O.CN.[HH].[HH].[HH].[HH].[HH]. The second kappa shape index (κ2) is 12.2. The minimum absolute atomic E-state index is 0. The van der Waals surface area contributed by atoms with E-state index in [0.29, 0.717) is 0 Å². The van der Waals surface area contributed by atoms with Crippen LogP contribution in [-0.2, 0) is 9.59 Å². The van der Waals surface area contributed by atoms with Gasteiger partial charge in [0.2, 0.25) is 0 Å². The van der Waals surface area contributed by atoms with Crippen LogP contribution in [0.5, 0.6) is 0 Å². The van der Waals surface area contributed by atoms with Crippen LogP contribution in [0.3, 0.4) is 0 Å². The average Bonchev–Trinajstić information content (AvgIpc) is 2.53. The maximum atomic E-state index is 11.3. The molecule has 0 rings (SSSR count). The first-order valence-electron chi connectivity index (χ1n) is 5.61. The minimum Gasteiger partial charge on any atom is -0.479 e. The van der Waals surface area contributed by atoms with Crippen molar-refractivity contribution in [3.63, 3.8) is 0 Å². The van der Waals surface area contributed by atoms with E-state index in [4.69, 9.17) is 16.6 Å². The Balaban J connectivity index is -0.000000110. The third-order valence-electron chi connectivity index (χ3n) is 1.96. The highest BCUT2D eigenvalue weighted by Crippen LogP contribution is 2.05. The van der Waals surface area contributed by atoms with Gasteiger partial charge in [-0.05, 0) is 18.9 Å². The molecule has 0 radical (unpaired) electrons. The van der Waals surface area contributed by atoms with E-state index >= 15 is 0 Å². The van der Waals surface area contributed by atoms with Crippen LogP contribution in [0.2, 0.25) is 0 Å². The molecule has 0 saturated heterocycles. The number of carboxylic acids is 1. The number of carboxylic acid groups (broad SMARTS) is 1. The molecule has 130 valence electrons.